The molecule has 0 aliphatic rings. The molecule has 2 nitrogen and oxygen atoms in total. The summed E-state index contributed by atoms with van der Waals surface area (Å²) in [6.07, 6.45) is 0.402. The van der Waals surface area contributed by atoms with Gasteiger partial charge >= 0.3 is 0 Å². The fourth-order valence-electron chi connectivity index (χ4n) is 1.80. The van der Waals surface area contributed by atoms with Gasteiger partial charge in [0.05, 0.1) is 11.7 Å². The monoisotopic (exact) mass is 264 g/mol. The van der Waals surface area contributed by atoms with Gasteiger partial charge in [-0.15, -0.1) is 0 Å². The van der Waals surface area contributed by atoms with Crippen LogP contribution >= 0.6 is 11.6 Å². The lowest BCUT2D eigenvalue weighted by Gasteiger charge is -2.12. The average Bonchev–Trinajstić information content (AvgIpc) is 2.32. The SMILES string of the molecule is Cc1cccc(C(N)Cc2ccc(Cl)cc2F)n1. The molecule has 1 unspecified atom stereocenters. The van der Waals surface area contributed by atoms with Gasteiger partial charge in [-0.1, -0.05) is 23.7 Å². The van der Waals surface area contributed by atoms with E-state index < -0.39 is 0 Å². The third-order valence-electron chi connectivity index (χ3n) is 2.74. The number of pyridine rings is 1. The number of hydrogen-bond donors (Lipinski definition) is 1. The summed E-state index contributed by atoms with van der Waals surface area (Å²) in [7, 11) is 0. The Morgan fingerprint density at radius 1 is 1.33 bits per heavy atom. The van der Waals surface area contributed by atoms with E-state index in [0.717, 1.165) is 11.4 Å². The number of hydrogen-bond acceptors (Lipinski definition) is 2. The summed E-state index contributed by atoms with van der Waals surface area (Å²) in [5.41, 5.74) is 8.26. The van der Waals surface area contributed by atoms with Crippen LogP contribution in [0.5, 0.6) is 0 Å². The Balaban J connectivity index is 2.18. The van der Waals surface area contributed by atoms with Crippen LogP contribution in [-0.4, -0.2) is 4.98 Å². The van der Waals surface area contributed by atoms with Crippen molar-refractivity contribution in [3.05, 3.63) is 64.2 Å². The van der Waals surface area contributed by atoms with Crippen molar-refractivity contribution < 1.29 is 4.39 Å². The summed E-state index contributed by atoms with van der Waals surface area (Å²) in [6, 6.07) is 9.96. The van der Waals surface area contributed by atoms with Gasteiger partial charge in [-0.3, -0.25) is 4.98 Å². The number of nitrogens with two attached hydrogens (primary N) is 1. The summed E-state index contributed by atoms with van der Waals surface area (Å²) in [6.45, 7) is 1.90. The molecule has 0 spiro atoms. The van der Waals surface area contributed by atoms with Crippen molar-refractivity contribution in [3.8, 4) is 0 Å². The number of rotatable bonds is 3. The second-order valence-corrected chi connectivity index (χ2v) is 4.69. The minimum absolute atomic E-state index is 0.319. The van der Waals surface area contributed by atoms with Crippen molar-refractivity contribution in [2.45, 2.75) is 19.4 Å². The van der Waals surface area contributed by atoms with Gasteiger partial charge in [-0.05, 0) is 43.2 Å². The maximum atomic E-state index is 13.6. The number of halogens is 2. The molecular formula is C14H14ClFN2. The highest BCUT2D eigenvalue weighted by Gasteiger charge is 2.12. The Kier molecular flexibility index (Phi) is 3.94. The molecule has 0 bridgehead atoms. The van der Waals surface area contributed by atoms with Crippen LogP contribution in [0, 0.1) is 12.7 Å². The van der Waals surface area contributed by atoms with Crippen LogP contribution in [-0.2, 0) is 6.42 Å². The molecule has 1 atom stereocenters. The fraction of sp³-hybridized carbons (Fsp3) is 0.214. The Morgan fingerprint density at radius 3 is 2.78 bits per heavy atom. The second-order valence-electron chi connectivity index (χ2n) is 4.25. The van der Waals surface area contributed by atoms with Crippen molar-refractivity contribution in [2.75, 3.05) is 0 Å². The molecule has 4 heteroatoms. The largest absolute Gasteiger partial charge is 0.322 e. The second kappa shape index (κ2) is 5.46. The van der Waals surface area contributed by atoms with E-state index in [0.29, 0.717) is 17.0 Å². The molecule has 0 saturated heterocycles. The molecule has 18 heavy (non-hydrogen) atoms. The van der Waals surface area contributed by atoms with Crippen LogP contribution < -0.4 is 5.73 Å². The van der Waals surface area contributed by atoms with Gasteiger partial charge in [0.15, 0.2) is 0 Å². The van der Waals surface area contributed by atoms with Gasteiger partial charge in [0.2, 0.25) is 0 Å². The van der Waals surface area contributed by atoms with Crippen molar-refractivity contribution in [1.29, 1.82) is 0 Å². The van der Waals surface area contributed by atoms with Crippen LogP contribution in [0.4, 0.5) is 4.39 Å². The average molecular weight is 265 g/mol. The number of aromatic nitrogens is 1. The Hall–Kier alpha value is -1.45. The summed E-state index contributed by atoms with van der Waals surface area (Å²) in [5.74, 6) is -0.328. The Bertz CT molecular complexity index is 557. The molecule has 1 aromatic heterocycles. The molecule has 94 valence electrons. The van der Waals surface area contributed by atoms with Crippen LogP contribution in [0.3, 0.4) is 0 Å². The van der Waals surface area contributed by atoms with E-state index >= 15 is 0 Å². The first-order valence-corrected chi connectivity index (χ1v) is 6.07. The predicted molar refractivity (Wildman–Crippen MR) is 71.0 cm³/mol. The molecule has 0 aliphatic heterocycles. The molecule has 0 saturated carbocycles. The number of benzene rings is 1. The van der Waals surface area contributed by atoms with Crippen molar-refractivity contribution in [1.82, 2.24) is 4.98 Å². The highest BCUT2D eigenvalue weighted by molar-refractivity contribution is 6.30. The van der Waals surface area contributed by atoms with Gasteiger partial charge in [0.1, 0.15) is 5.82 Å². The Labute approximate surface area is 111 Å². The van der Waals surface area contributed by atoms with Gasteiger partial charge < -0.3 is 5.73 Å². The van der Waals surface area contributed by atoms with E-state index in [4.69, 9.17) is 17.3 Å². The van der Waals surface area contributed by atoms with E-state index in [1.807, 2.05) is 25.1 Å². The number of nitrogens with zero attached hydrogens (tertiary/aromatic N) is 1. The molecule has 2 N–H and O–H groups in total. The van der Waals surface area contributed by atoms with Gasteiger partial charge in [0, 0.05) is 10.7 Å². The topological polar surface area (TPSA) is 38.9 Å². The highest BCUT2D eigenvalue weighted by Crippen LogP contribution is 2.20. The van der Waals surface area contributed by atoms with Gasteiger partial charge in [0.25, 0.3) is 0 Å². The first-order chi connectivity index (χ1) is 8.56. The lowest BCUT2D eigenvalue weighted by Crippen LogP contribution is -2.16. The normalized spacial score (nSPS) is 12.4. The molecule has 1 heterocycles. The molecule has 0 aliphatic carbocycles. The first kappa shape index (κ1) is 13.0. The maximum Gasteiger partial charge on any atom is 0.127 e. The summed E-state index contributed by atoms with van der Waals surface area (Å²) >= 11 is 5.71. The lowest BCUT2D eigenvalue weighted by molar-refractivity contribution is 0.589. The minimum atomic E-state index is -0.328. The third-order valence-corrected chi connectivity index (χ3v) is 2.98. The molecular weight excluding hydrogens is 251 g/mol. The smallest absolute Gasteiger partial charge is 0.127 e. The molecule has 0 fully saturated rings. The first-order valence-electron chi connectivity index (χ1n) is 5.69. The van der Waals surface area contributed by atoms with E-state index in [2.05, 4.69) is 4.98 Å². The van der Waals surface area contributed by atoms with Gasteiger partial charge in [-0.25, -0.2) is 4.39 Å². The lowest BCUT2D eigenvalue weighted by atomic mass is 10.0. The molecule has 1 aromatic carbocycles. The van der Waals surface area contributed by atoms with E-state index in [-0.39, 0.29) is 11.9 Å². The highest BCUT2D eigenvalue weighted by atomic mass is 35.5. The zero-order valence-corrected chi connectivity index (χ0v) is 10.8. The summed E-state index contributed by atoms with van der Waals surface area (Å²) < 4.78 is 13.6. The summed E-state index contributed by atoms with van der Waals surface area (Å²) in [5, 5.41) is 0.388. The maximum absolute atomic E-state index is 13.6. The third kappa shape index (κ3) is 3.06. The number of aryl methyl sites for hydroxylation is 1. The Morgan fingerprint density at radius 2 is 2.11 bits per heavy atom. The van der Waals surface area contributed by atoms with Crippen LogP contribution in [0.15, 0.2) is 36.4 Å². The predicted octanol–water partition coefficient (Wildman–Crippen LogP) is 3.43. The molecule has 2 rings (SSSR count). The minimum Gasteiger partial charge on any atom is -0.322 e. The quantitative estimate of drug-likeness (QED) is 0.923. The fourth-order valence-corrected chi connectivity index (χ4v) is 1.96. The zero-order valence-electron chi connectivity index (χ0n) is 10.0. The molecule has 2 aromatic rings. The van der Waals surface area contributed by atoms with E-state index in [1.165, 1.54) is 6.07 Å². The summed E-state index contributed by atoms with van der Waals surface area (Å²) in [4.78, 5) is 4.34. The van der Waals surface area contributed by atoms with Gasteiger partial charge in [-0.2, -0.15) is 0 Å². The van der Waals surface area contributed by atoms with Crippen molar-refractivity contribution in [3.63, 3.8) is 0 Å². The van der Waals surface area contributed by atoms with Crippen LogP contribution in [0.25, 0.3) is 0 Å². The molecule has 0 amide bonds. The van der Waals surface area contributed by atoms with Crippen LogP contribution in [0.2, 0.25) is 5.02 Å². The van der Waals surface area contributed by atoms with Crippen molar-refractivity contribution >= 4 is 11.6 Å². The van der Waals surface area contributed by atoms with Crippen molar-refractivity contribution in [2.24, 2.45) is 5.73 Å². The van der Waals surface area contributed by atoms with Crippen LogP contribution in [0.1, 0.15) is 23.0 Å². The zero-order chi connectivity index (χ0) is 13.1. The van der Waals surface area contributed by atoms with E-state index in [9.17, 15) is 4.39 Å². The van der Waals surface area contributed by atoms with E-state index in [1.54, 1.807) is 12.1 Å². The molecule has 0 radical (unpaired) electrons. The standard InChI is InChI=1S/C14H14ClFN2/c1-9-3-2-4-14(18-9)13(17)7-10-5-6-11(15)8-12(10)16/h2-6,8,13H,7,17H2,1H3.